The lowest BCUT2D eigenvalue weighted by atomic mass is 10.0. The average molecular weight is 389 g/mol. The van der Waals surface area contributed by atoms with E-state index in [9.17, 15) is 9.59 Å². The second-order valence-corrected chi connectivity index (χ2v) is 6.89. The number of para-hydroxylation sites is 1. The summed E-state index contributed by atoms with van der Waals surface area (Å²) in [5.74, 6) is 0.322. The summed E-state index contributed by atoms with van der Waals surface area (Å²) in [6.07, 6.45) is 0. The topological polar surface area (TPSA) is 96.0 Å². The molecule has 0 radical (unpaired) electrons. The first kappa shape index (κ1) is 20.0. The Balaban J connectivity index is 1.69. The van der Waals surface area contributed by atoms with Gasteiger partial charge in [0.25, 0.3) is 5.91 Å². The summed E-state index contributed by atoms with van der Waals surface area (Å²) < 4.78 is 0. The number of nitrogens with one attached hydrogen (secondary N) is 3. The van der Waals surface area contributed by atoms with E-state index in [4.69, 9.17) is 0 Å². The number of hydrogen-bond donors (Lipinski definition) is 3. The fourth-order valence-corrected chi connectivity index (χ4v) is 2.85. The summed E-state index contributed by atoms with van der Waals surface area (Å²) >= 11 is 0. The lowest BCUT2D eigenvalue weighted by Gasteiger charge is -2.13. The van der Waals surface area contributed by atoms with Crippen molar-refractivity contribution in [2.45, 2.75) is 26.7 Å². The van der Waals surface area contributed by atoms with Crippen molar-refractivity contribution in [2.24, 2.45) is 0 Å². The fourth-order valence-electron chi connectivity index (χ4n) is 2.85. The Bertz CT molecular complexity index is 1020. The lowest BCUT2D eigenvalue weighted by molar-refractivity contribution is -0.114. The highest BCUT2D eigenvalue weighted by atomic mass is 16.2. The molecule has 0 aliphatic heterocycles. The SMILES string of the molecule is CC(=O)Nc1cccc(Nc2ccc(C(=O)Nc3ccccc3C(C)C)nn2)c1. The maximum atomic E-state index is 12.5. The summed E-state index contributed by atoms with van der Waals surface area (Å²) in [6.45, 7) is 5.60. The maximum Gasteiger partial charge on any atom is 0.276 e. The van der Waals surface area contributed by atoms with Crippen LogP contribution in [0, 0.1) is 0 Å². The highest BCUT2D eigenvalue weighted by Gasteiger charge is 2.12. The molecule has 148 valence electrons. The number of carbonyl (C=O) groups is 2. The van der Waals surface area contributed by atoms with Gasteiger partial charge < -0.3 is 16.0 Å². The Kier molecular flexibility index (Phi) is 6.19. The third-order valence-electron chi connectivity index (χ3n) is 4.18. The fraction of sp³-hybridized carbons (Fsp3) is 0.182. The molecule has 7 nitrogen and oxygen atoms in total. The number of anilines is 4. The van der Waals surface area contributed by atoms with E-state index in [0.29, 0.717) is 11.5 Å². The zero-order valence-corrected chi connectivity index (χ0v) is 16.6. The van der Waals surface area contributed by atoms with Crippen molar-refractivity contribution in [1.29, 1.82) is 0 Å². The van der Waals surface area contributed by atoms with E-state index in [2.05, 4.69) is 40.0 Å². The first-order chi connectivity index (χ1) is 13.9. The smallest absolute Gasteiger partial charge is 0.276 e. The van der Waals surface area contributed by atoms with Gasteiger partial charge in [0, 0.05) is 24.0 Å². The van der Waals surface area contributed by atoms with Gasteiger partial charge >= 0.3 is 0 Å². The van der Waals surface area contributed by atoms with Gasteiger partial charge in [-0.3, -0.25) is 9.59 Å². The van der Waals surface area contributed by atoms with Crippen LogP contribution in [0.4, 0.5) is 22.9 Å². The second-order valence-electron chi connectivity index (χ2n) is 6.89. The van der Waals surface area contributed by atoms with Crippen molar-refractivity contribution in [3.8, 4) is 0 Å². The quantitative estimate of drug-likeness (QED) is 0.575. The molecule has 0 aliphatic rings. The molecular weight excluding hydrogens is 366 g/mol. The molecule has 1 aromatic heterocycles. The molecule has 0 spiro atoms. The third-order valence-corrected chi connectivity index (χ3v) is 4.18. The summed E-state index contributed by atoms with van der Waals surface area (Å²) in [7, 11) is 0. The molecule has 0 aliphatic carbocycles. The minimum Gasteiger partial charge on any atom is -0.339 e. The summed E-state index contributed by atoms with van der Waals surface area (Å²) in [4.78, 5) is 23.7. The Morgan fingerprint density at radius 1 is 0.862 bits per heavy atom. The second kappa shape index (κ2) is 8.97. The number of rotatable bonds is 6. The molecule has 3 rings (SSSR count). The van der Waals surface area contributed by atoms with E-state index in [0.717, 1.165) is 16.9 Å². The van der Waals surface area contributed by atoms with Gasteiger partial charge in [-0.1, -0.05) is 38.1 Å². The van der Waals surface area contributed by atoms with Crippen LogP contribution in [-0.4, -0.2) is 22.0 Å². The van der Waals surface area contributed by atoms with Crippen molar-refractivity contribution in [3.05, 3.63) is 71.9 Å². The molecule has 1 heterocycles. The minimum atomic E-state index is -0.315. The summed E-state index contributed by atoms with van der Waals surface area (Å²) in [6, 6.07) is 18.2. The standard InChI is InChI=1S/C22H23N5O2/c1-14(2)18-9-4-5-10-19(18)25-22(29)20-11-12-21(27-26-20)24-17-8-6-7-16(13-17)23-15(3)28/h4-14H,1-3H3,(H,23,28)(H,24,27)(H,25,29). The normalized spacial score (nSPS) is 10.5. The van der Waals surface area contributed by atoms with Crippen LogP contribution in [0.1, 0.15) is 42.7 Å². The van der Waals surface area contributed by atoms with Crippen LogP contribution < -0.4 is 16.0 Å². The Labute approximate surface area is 169 Å². The van der Waals surface area contributed by atoms with Crippen LogP contribution >= 0.6 is 0 Å². The molecule has 29 heavy (non-hydrogen) atoms. The lowest BCUT2D eigenvalue weighted by Crippen LogP contribution is -2.16. The van der Waals surface area contributed by atoms with Crippen LogP contribution in [0.15, 0.2) is 60.7 Å². The average Bonchev–Trinajstić information content (AvgIpc) is 2.68. The molecule has 2 aromatic carbocycles. The molecule has 7 heteroatoms. The van der Waals surface area contributed by atoms with Crippen LogP contribution in [0.3, 0.4) is 0 Å². The highest BCUT2D eigenvalue weighted by Crippen LogP contribution is 2.24. The van der Waals surface area contributed by atoms with Gasteiger partial charge in [-0.15, -0.1) is 10.2 Å². The Hall–Kier alpha value is -3.74. The van der Waals surface area contributed by atoms with E-state index in [-0.39, 0.29) is 23.4 Å². The molecule has 0 saturated carbocycles. The minimum absolute atomic E-state index is 0.142. The van der Waals surface area contributed by atoms with Crippen LogP contribution in [0.2, 0.25) is 0 Å². The Morgan fingerprint density at radius 3 is 2.31 bits per heavy atom. The number of benzene rings is 2. The van der Waals surface area contributed by atoms with E-state index in [1.54, 1.807) is 24.3 Å². The molecule has 0 atom stereocenters. The van der Waals surface area contributed by atoms with E-state index < -0.39 is 0 Å². The summed E-state index contributed by atoms with van der Waals surface area (Å²) in [5.41, 5.74) is 3.47. The van der Waals surface area contributed by atoms with Crippen molar-refractivity contribution in [2.75, 3.05) is 16.0 Å². The predicted molar refractivity (Wildman–Crippen MR) is 115 cm³/mol. The van der Waals surface area contributed by atoms with Gasteiger partial charge in [-0.25, -0.2) is 0 Å². The zero-order chi connectivity index (χ0) is 20.8. The van der Waals surface area contributed by atoms with E-state index in [1.165, 1.54) is 6.92 Å². The molecule has 2 amide bonds. The van der Waals surface area contributed by atoms with Gasteiger partial charge in [-0.2, -0.15) is 0 Å². The van der Waals surface area contributed by atoms with Crippen LogP contribution in [-0.2, 0) is 4.79 Å². The number of carbonyl (C=O) groups excluding carboxylic acids is 2. The van der Waals surface area contributed by atoms with Gasteiger partial charge in [0.15, 0.2) is 11.5 Å². The number of hydrogen-bond acceptors (Lipinski definition) is 5. The zero-order valence-electron chi connectivity index (χ0n) is 16.6. The van der Waals surface area contributed by atoms with Gasteiger partial charge in [0.05, 0.1) is 0 Å². The molecule has 0 saturated heterocycles. The molecule has 0 bridgehead atoms. The largest absolute Gasteiger partial charge is 0.339 e. The van der Waals surface area contributed by atoms with Crippen molar-refractivity contribution in [3.63, 3.8) is 0 Å². The molecular formula is C22H23N5O2. The molecule has 3 N–H and O–H groups in total. The molecule has 0 fully saturated rings. The van der Waals surface area contributed by atoms with Crippen molar-refractivity contribution in [1.82, 2.24) is 10.2 Å². The maximum absolute atomic E-state index is 12.5. The number of aromatic nitrogens is 2. The first-order valence-corrected chi connectivity index (χ1v) is 9.31. The Morgan fingerprint density at radius 2 is 1.62 bits per heavy atom. The van der Waals surface area contributed by atoms with E-state index >= 15 is 0 Å². The van der Waals surface area contributed by atoms with Crippen LogP contribution in [0.25, 0.3) is 0 Å². The summed E-state index contributed by atoms with van der Waals surface area (Å²) in [5, 5.41) is 16.8. The van der Waals surface area contributed by atoms with Crippen molar-refractivity contribution < 1.29 is 9.59 Å². The van der Waals surface area contributed by atoms with Gasteiger partial charge in [-0.05, 0) is 47.9 Å². The number of nitrogens with zero attached hydrogens (tertiary/aromatic N) is 2. The third kappa shape index (κ3) is 5.38. The molecule has 0 unspecified atom stereocenters. The number of amides is 2. The van der Waals surface area contributed by atoms with Gasteiger partial charge in [0.1, 0.15) is 0 Å². The highest BCUT2D eigenvalue weighted by molar-refractivity contribution is 6.03. The monoisotopic (exact) mass is 389 g/mol. The van der Waals surface area contributed by atoms with E-state index in [1.807, 2.05) is 36.4 Å². The molecule has 3 aromatic rings. The predicted octanol–water partition coefficient (Wildman–Crippen LogP) is 4.55. The van der Waals surface area contributed by atoms with Gasteiger partial charge in [0.2, 0.25) is 5.91 Å². The van der Waals surface area contributed by atoms with Crippen molar-refractivity contribution >= 4 is 34.7 Å². The first-order valence-electron chi connectivity index (χ1n) is 9.31. The van der Waals surface area contributed by atoms with Crippen LogP contribution in [0.5, 0.6) is 0 Å².